The Balaban J connectivity index is 1.67. The summed E-state index contributed by atoms with van der Waals surface area (Å²) < 4.78 is 7.64. The molecular weight excluding hydrogens is 366 g/mol. The first-order chi connectivity index (χ1) is 12.7. The Morgan fingerprint density at radius 1 is 1.19 bits per heavy atom. The molecule has 0 aliphatic carbocycles. The minimum Gasteiger partial charge on any atom is -0.378 e. The van der Waals surface area contributed by atoms with E-state index in [1.807, 2.05) is 6.92 Å². The zero-order valence-corrected chi connectivity index (χ0v) is 16.5. The zero-order chi connectivity index (χ0) is 17.9. The minimum atomic E-state index is 0.723. The third kappa shape index (κ3) is 3.77. The van der Waals surface area contributed by atoms with E-state index in [9.17, 15) is 0 Å². The molecule has 0 unspecified atom stereocenters. The number of morpholine rings is 1. The van der Waals surface area contributed by atoms with E-state index < -0.39 is 0 Å². The third-order valence-corrected chi connectivity index (χ3v) is 5.97. The molecule has 136 valence electrons. The molecule has 6 nitrogen and oxygen atoms in total. The van der Waals surface area contributed by atoms with Crippen molar-refractivity contribution in [1.82, 2.24) is 19.7 Å². The fourth-order valence-corrected chi connectivity index (χ4v) is 4.49. The summed E-state index contributed by atoms with van der Waals surface area (Å²) in [5.41, 5.74) is 3.40. The summed E-state index contributed by atoms with van der Waals surface area (Å²) >= 11 is 3.36. The van der Waals surface area contributed by atoms with Crippen LogP contribution in [0.5, 0.6) is 0 Å². The lowest BCUT2D eigenvalue weighted by molar-refractivity contribution is 0.122. The molecule has 0 N–H and O–H groups in total. The van der Waals surface area contributed by atoms with Crippen LogP contribution in [0.25, 0.3) is 5.69 Å². The summed E-state index contributed by atoms with van der Waals surface area (Å²) in [6, 6.07) is 8.46. The van der Waals surface area contributed by atoms with Crippen molar-refractivity contribution in [2.24, 2.45) is 0 Å². The van der Waals surface area contributed by atoms with Gasteiger partial charge in [-0.05, 0) is 31.5 Å². The molecule has 1 fully saturated rings. The predicted molar refractivity (Wildman–Crippen MR) is 106 cm³/mol. The first-order valence-electron chi connectivity index (χ1n) is 8.59. The van der Waals surface area contributed by atoms with Crippen molar-refractivity contribution >= 4 is 29.0 Å². The first-order valence-corrected chi connectivity index (χ1v) is 10.5. The lowest BCUT2D eigenvalue weighted by Gasteiger charge is -2.28. The van der Waals surface area contributed by atoms with E-state index in [1.165, 1.54) is 5.56 Å². The van der Waals surface area contributed by atoms with Crippen molar-refractivity contribution in [3.63, 3.8) is 0 Å². The SMILES string of the molecule is Cc1cccc(-n2c(SCc3csc(C)n3)nnc2N2CCOCC2)c1. The Bertz CT molecular complexity index is 885. The van der Waals surface area contributed by atoms with Crippen LogP contribution in [0, 0.1) is 13.8 Å². The number of anilines is 1. The molecule has 3 heterocycles. The molecule has 0 atom stereocenters. The highest BCUT2D eigenvalue weighted by atomic mass is 32.2. The normalized spacial score (nSPS) is 14.8. The number of nitrogens with zero attached hydrogens (tertiary/aromatic N) is 5. The molecule has 1 aliphatic heterocycles. The Hall–Kier alpha value is -1.90. The third-order valence-electron chi connectivity index (χ3n) is 4.19. The number of benzene rings is 1. The topological polar surface area (TPSA) is 56.1 Å². The van der Waals surface area contributed by atoms with Gasteiger partial charge in [-0.15, -0.1) is 21.5 Å². The fourth-order valence-electron chi connectivity index (χ4n) is 2.93. The summed E-state index contributed by atoms with van der Waals surface area (Å²) in [6.07, 6.45) is 0. The summed E-state index contributed by atoms with van der Waals surface area (Å²) in [7, 11) is 0. The molecule has 2 aromatic heterocycles. The van der Waals surface area contributed by atoms with E-state index in [-0.39, 0.29) is 0 Å². The van der Waals surface area contributed by atoms with Crippen molar-refractivity contribution in [3.8, 4) is 5.69 Å². The second-order valence-corrected chi connectivity index (χ2v) is 8.21. The molecule has 0 saturated carbocycles. The molecule has 0 radical (unpaired) electrons. The van der Waals surface area contributed by atoms with Crippen LogP contribution in [-0.2, 0) is 10.5 Å². The highest BCUT2D eigenvalue weighted by Gasteiger charge is 2.22. The predicted octanol–water partition coefficient (Wildman–Crippen LogP) is 3.47. The lowest BCUT2D eigenvalue weighted by atomic mass is 10.2. The highest BCUT2D eigenvalue weighted by Crippen LogP contribution is 2.29. The van der Waals surface area contributed by atoms with Gasteiger partial charge in [0, 0.05) is 24.2 Å². The average molecular weight is 388 g/mol. The maximum absolute atomic E-state index is 5.49. The van der Waals surface area contributed by atoms with Gasteiger partial charge in [0.2, 0.25) is 5.95 Å². The van der Waals surface area contributed by atoms with Crippen molar-refractivity contribution in [1.29, 1.82) is 0 Å². The molecule has 1 aliphatic rings. The van der Waals surface area contributed by atoms with E-state index in [0.717, 1.165) is 59.5 Å². The van der Waals surface area contributed by atoms with Gasteiger partial charge in [-0.3, -0.25) is 4.57 Å². The van der Waals surface area contributed by atoms with Crippen LogP contribution < -0.4 is 4.90 Å². The number of ether oxygens (including phenoxy) is 1. The molecule has 4 rings (SSSR count). The van der Waals surface area contributed by atoms with Gasteiger partial charge in [-0.1, -0.05) is 23.9 Å². The molecule has 0 amide bonds. The van der Waals surface area contributed by atoms with Gasteiger partial charge in [0.15, 0.2) is 5.16 Å². The number of aromatic nitrogens is 4. The van der Waals surface area contributed by atoms with Gasteiger partial charge in [-0.2, -0.15) is 0 Å². The van der Waals surface area contributed by atoms with E-state index in [0.29, 0.717) is 0 Å². The Morgan fingerprint density at radius 2 is 2.04 bits per heavy atom. The minimum absolute atomic E-state index is 0.723. The van der Waals surface area contributed by atoms with Crippen LogP contribution in [0.1, 0.15) is 16.3 Å². The Labute approximate surface area is 161 Å². The van der Waals surface area contributed by atoms with Crippen LogP contribution in [0.15, 0.2) is 34.8 Å². The zero-order valence-electron chi connectivity index (χ0n) is 14.9. The van der Waals surface area contributed by atoms with E-state index in [1.54, 1.807) is 23.1 Å². The van der Waals surface area contributed by atoms with Gasteiger partial charge in [0.1, 0.15) is 0 Å². The molecule has 8 heteroatoms. The molecule has 0 spiro atoms. The quantitative estimate of drug-likeness (QED) is 0.625. The number of aryl methyl sites for hydroxylation is 2. The molecule has 0 bridgehead atoms. The second-order valence-electron chi connectivity index (χ2n) is 6.20. The average Bonchev–Trinajstić information content (AvgIpc) is 3.26. The molecule has 1 saturated heterocycles. The van der Waals surface area contributed by atoms with Crippen molar-refractivity contribution < 1.29 is 4.74 Å². The molecule has 1 aromatic carbocycles. The smallest absolute Gasteiger partial charge is 0.232 e. The van der Waals surface area contributed by atoms with Crippen LogP contribution in [0.3, 0.4) is 0 Å². The summed E-state index contributed by atoms with van der Waals surface area (Å²) in [5.74, 6) is 1.67. The molecular formula is C18H21N5OS2. The van der Waals surface area contributed by atoms with E-state index >= 15 is 0 Å². The largest absolute Gasteiger partial charge is 0.378 e. The number of thiazole rings is 1. The number of rotatable bonds is 5. The Morgan fingerprint density at radius 3 is 2.77 bits per heavy atom. The van der Waals surface area contributed by atoms with Gasteiger partial charge in [-0.25, -0.2) is 4.98 Å². The van der Waals surface area contributed by atoms with E-state index in [2.05, 4.69) is 61.2 Å². The summed E-state index contributed by atoms with van der Waals surface area (Å²) in [6.45, 7) is 7.25. The first kappa shape index (κ1) is 17.5. The maximum Gasteiger partial charge on any atom is 0.232 e. The number of thioether (sulfide) groups is 1. The monoisotopic (exact) mass is 387 g/mol. The lowest BCUT2D eigenvalue weighted by Crippen LogP contribution is -2.37. The summed E-state index contributed by atoms with van der Waals surface area (Å²) in [4.78, 5) is 6.80. The van der Waals surface area contributed by atoms with Gasteiger partial charge in [0.25, 0.3) is 0 Å². The van der Waals surface area contributed by atoms with Gasteiger partial charge in [0.05, 0.1) is 29.6 Å². The van der Waals surface area contributed by atoms with Crippen molar-refractivity contribution in [2.75, 3.05) is 31.2 Å². The van der Waals surface area contributed by atoms with Crippen LogP contribution in [0.4, 0.5) is 5.95 Å². The van der Waals surface area contributed by atoms with Crippen molar-refractivity contribution in [2.45, 2.75) is 24.8 Å². The second kappa shape index (κ2) is 7.77. The molecule has 3 aromatic rings. The number of hydrogen-bond donors (Lipinski definition) is 0. The van der Waals surface area contributed by atoms with E-state index in [4.69, 9.17) is 4.74 Å². The van der Waals surface area contributed by atoms with Crippen LogP contribution in [-0.4, -0.2) is 46.1 Å². The number of hydrogen-bond acceptors (Lipinski definition) is 7. The Kier molecular flexibility index (Phi) is 5.23. The van der Waals surface area contributed by atoms with Crippen molar-refractivity contribution in [3.05, 3.63) is 45.9 Å². The fraction of sp³-hybridized carbons (Fsp3) is 0.389. The standard InChI is InChI=1S/C18H21N5OS2/c1-13-4-3-5-16(10-13)23-17(22-6-8-24-9-7-22)20-21-18(23)26-12-15-11-25-14(2)19-15/h3-5,10-11H,6-9,12H2,1-2H3. The van der Waals surface area contributed by atoms with Crippen LogP contribution in [0.2, 0.25) is 0 Å². The molecule has 26 heavy (non-hydrogen) atoms. The van der Waals surface area contributed by atoms with Gasteiger partial charge < -0.3 is 9.64 Å². The van der Waals surface area contributed by atoms with Crippen LogP contribution >= 0.6 is 23.1 Å². The summed E-state index contributed by atoms with van der Waals surface area (Å²) in [5, 5.41) is 13.1. The highest BCUT2D eigenvalue weighted by molar-refractivity contribution is 7.98. The maximum atomic E-state index is 5.49. The van der Waals surface area contributed by atoms with Gasteiger partial charge >= 0.3 is 0 Å².